The number of carbonyl (C=O) groups excluding carboxylic acids is 1. The zero-order valence-electron chi connectivity index (χ0n) is 12.7. The number of aliphatic hydroxyl groups is 1. The van der Waals surface area contributed by atoms with Crippen molar-refractivity contribution in [1.29, 1.82) is 0 Å². The Labute approximate surface area is 135 Å². The Hall–Kier alpha value is -1.85. The molecule has 0 aliphatic rings. The first-order valence-electron chi connectivity index (χ1n) is 7.18. The number of nitrogens with zero attached hydrogens (tertiary/aromatic N) is 1. The van der Waals surface area contributed by atoms with E-state index < -0.39 is 5.60 Å². The van der Waals surface area contributed by atoms with E-state index in [0.717, 1.165) is 16.3 Å². The second-order valence-electron chi connectivity index (χ2n) is 5.14. The summed E-state index contributed by atoms with van der Waals surface area (Å²) in [7, 11) is 0. The molecule has 0 spiro atoms. The molecule has 1 aromatic heterocycles. The van der Waals surface area contributed by atoms with Crippen molar-refractivity contribution in [3.8, 4) is 0 Å². The summed E-state index contributed by atoms with van der Waals surface area (Å²) < 4.78 is 0. The molecule has 2 N–H and O–H groups in total. The molecule has 1 atom stereocenters. The van der Waals surface area contributed by atoms with Crippen molar-refractivity contribution < 1.29 is 9.90 Å². The minimum atomic E-state index is -1.11. The molecular formula is C17H20N2O2S. The van der Waals surface area contributed by atoms with Gasteiger partial charge in [0, 0.05) is 6.20 Å². The molecule has 2 rings (SSSR count). The van der Waals surface area contributed by atoms with E-state index in [1.807, 2.05) is 36.4 Å². The maximum atomic E-state index is 12.1. The third-order valence-electron chi connectivity index (χ3n) is 3.28. The average molecular weight is 316 g/mol. The summed E-state index contributed by atoms with van der Waals surface area (Å²) in [6.07, 6.45) is 1.56. The number of pyridine rings is 1. The second-order valence-corrected chi connectivity index (χ2v) is 6.42. The lowest BCUT2D eigenvalue weighted by Crippen LogP contribution is -2.38. The predicted molar refractivity (Wildman–Crippen MR) is 89.0 cm³/mol. The van der Waals surface area contributed by atoms with E-state index in [-0.39, 0.29) is 12.5 Å². The molecule has 0 aliphatic carbocycles. The summed E-state index contributed by atoms with van der Waals surface area (Å²) in [5.41, 5.74) is 0.148. The van der Waals surface area contributed by atoms with Gasteiger partial charge < -0.3 is 10.4 Å². The van der Waals surface area contributed by atoms with Gasteiger partial charge >= 0.3 is 0 Å². The molecule has 0 bridgehead atoms. The van der Waals surface area contributed by atoms with Crippen LogP contribution in [0.2, 0.25) is 0 Å². The van der Waals surface area contributed by atoms with Gasteiger partial charge in [0.25, 0.3) is 5.91 Å². The highest BCUT2D eigenvalue weighted by atomic mass is 32.2. The highest BCUT2D eigenvalue weighted by Crippen LogP contribution is 2.19. The molecule has 0 aliphatic heterocycles. The molecule has 1 amide bonds. The van der Waals surface area contributed by atoms with E-state index in [4.69, 9.17) is 0 Å². The maximum Gasteiger partial charge on any atom is 0.252 e. The van der Waals surface area contributed by atoms with Crippen LogP contribution in [0.4, 0.5) is 0 Å². The molecule has 116 valence electrons. The van der Waals surface area contributed by atoms with Crippen LogP contribution in [-0.2, 0) is 5.60 Å². The van der Waals surface area contributed by atoms with Crippen molar-refractivity contribution >= 4 is 17.7 Å². The summed E-state index contributed by atoms with van der Waals surface area (Å²) in [5, 5.41) is 14.1. The largest absolute Gasteiger partial charge is 0.384 e. The fourth-order valence-electron chi connectivity index (χ4n) is 2.00. The zero-order valence-corrected chi connectivity index (χ0v) is 13.6. The monoisotopic (exact) mass is 316 g/mol. The van der Waals surface area contributed by atoms with Crippen molar-refractivity contribution in [3.63, 3.8) is 0 Å². The highest BCUT2D eigenvalue weighted by Gasteiger charge is 2.23. The third-order valence-corrected chi connectivity index (χ3v) is 4.11. The van der Waals surface area contributed by atoms with Gasteiger partial charge in [-0.05, 0) is 30.4 Å². The van der Waals surface area contributed by atoms with Gasteiger partial charge in [-0.1, -0.05) is 37.3 Å². The lowest BCUT2D eigenvalue weighted by atomic mass is 9.96. The molecule has 0 fully saturated rings. The van der Waals surface area contributed by atoms with Crippen molar-refractivity contribution in [2.45, 2.75) is 24.5 Å². The first-order chi connectivity index (χ1) is 10.5. The van der Waals surface area contributed by atoms with Gasteiger partial charge in [-0.2, -0.15) is 0 Å². The number of nitrogens with one attached hydrogen (secondary N) is 1. The Morgan fingerprint density at radius 2 is 2.00 bits per heavy atom. The zero-order chi connectivity index (χ0) is 16.0. The Kier molecular flexibility index (Phi) is 5.57. The van der Waals surface area contributed by atoms with Crippen LogP contribution in [0.25, 0.3) is 0 Å². The summed E-state index contributed by atoms with van der Waals surface area (Å²) in [6.45, 7) is 3.88. The molecular weight excluding hydrogens is 296 g/mol. The Bertz CT molecular complexity index is 612. The molecule has 2 aromatic rings. The van der Waals surface area contributed by atoms with Crippen LogP contribution in [0.5, 0.6) is 0 Å². The first-order valence-corrected chi connectivity index (χ1v) is 8.16. The fourth-order valence-corrected chi connectivity index (χ4v) is 2.59. The van der Waals surface area contributed by atoms with Gasteiger partial charge in [-0.3, -0.25) is 4.79 Å². The van der Waals surface area contributed by atoms with Crippen LogP contribution in [0.1, 0.15) is 29.8 Å². The van der Waals surface area contributed by atoms with Gasteiger partial charge in [0.05, 0.1) is 17.1 Å². The van der Waals surface area contributed by atoms with Gasteiger partial charge in [-0.15, -0.1) is 11.8 Å². The standard InChI is InChI=1S/C17H20N2O2S/c1-3-22-15-10-9-13(11-18-15)16(20)19-12-17(2,21)14-7-5-4-6-8-14/h4-11,21H,3,12H2,1-2H3,(H,19,20). The number of carbonyl (C=O) groups is 1. The molecule has 1 heterocycles. The van der Waals surface area contributed by atoms with Crippen LogP contribution in [0.15, 0.2) is 53.7 Å². The lowest BCUT2D eigenvalue weighted by molar-refractivity contribution is 0.0526. The van der Waals surface area contributed by atoms with Gasteiger partial charge in [0.1, 0.15) is 5.60 Å². The number of rotatable bonds is 6. The van der Waals surface area contributed by atoms with Crippen LogP contribution >= 0.6 is 11.8 Å². The summed E-state index contributed by atoms with van der Waals surface area (Å²) in [5.74, 6) is 0.704. The lowest BCUT2D eigenvalue weighted by Gasteiger charge is -2.24. The number of thioether (sulfide) groups is 1. The molecule has 0 saturated carbocycles. The number of hydrogen-bond acceptors (Lipinski definition) is 4. The van der Waals surface area contributed by atoms with E-state index in [2.05, 4.69) is 17.2 Å². The molecule has 22 heavy (non-hydrogen) atoms. The SMILES string of the molecule is CCSc1ccc(C(=O)NCC(C)(O)c2ccccc2)cn1. The second kappa shape index (κ2) is 7.42. The molecule has 0 radical (unpaired) electrons. The molecule has 1 unspecified atom stereocenters. The summed E-state index contributed by atoms with van der Waals surface area (Å²) >= 11 is 1.63. The third kappa shape index (κ3) is 4.32. The summed E-state index contributed by atoms with van der Waals surface area (Å²) in [4.78, 5) is 16.4. The van der Waals surface area contributed by atoms with Crippen molar-refractivity contribution in [2.24, 2.45) is 0 Å². The quantitative estimate of drug-likeness (QED) is 0.805. The maximum absolute atomic E-state index is 12.1. The summed E-state index contributed by atoms with van der Waals surface area (Å²) in [6, 6.07) is 12.9. The fraction of sp³-hybridized carbons (Fsp3) is 0.294. The average Bonchev–Trinajstić information content (AvgIpc) is 2.54. The normalized spacial score (nSPS) is 13.4. The van der Waals surface area contributed by atoms with Crippen molar-refractivity contribution in [1.82, 2.24) is 10.3 Å². The minimum absolute atomic E-state index is 0.140. The van der Waals surface area contributed by atoms with Gasteiger partial charge in [0.15, 0.2) is 0 Å². The van der Waals surface area contributed by atoms with Crippen LogP contribution in [-0.4, -0.2) is 28.3 Å². The van der Waals surface area contributed by atoms with Crippen molar-refractivity contribution in [3.05, 3.63) is 59.8 Å². The van der Waals surface area contributed by atoms with Crippen LogP contribution in [0.3, 0.4) is 0 Å². The van der Waals surface area contributed by atoms with E-state index in [1.165, 1.54) is 0 Å². The Balaban J connectivity index is 1.97. The van der Waals surface area contributed by atoms with Crippen LogP contribution < -0.4 is 5.32 Å². The van der Waals surface area contributed by atoms with E-state index in [0.29, 0.717) is 5.56 Å². The highest BCUT2D eigenvalue weighted by molar-refractivity contribution is 7.99. The van der Waals surface area contributed by atoms with Crippen LogP contribution in [0, 0.1) is 0 Å². The number of hydrogen-bond donors (Lipinski definition) is 2. The number of aromatic nitrogens is 1. The molecule has 4 nitrogen and oxygen atoms in total. The van der Waals surface area contributed by atoms with E-state index in [1.54, 1.807) is 30.9 Å². The molecule has 0 saturated heterocycles. The smallest absolute Gasteiger partial charge is 0.252 e. The Morgan fingerprint density at radius 1 is 1.27 bits per heavy atom. The number of benzene rings is 1. The van der Waals surface area contributed by atoms with E-state index in [9.17, 15) is 9.90 Å². The van der Waals surface area contributed by atoms with Crippen molar-refractivity contribution in [2.75, 3.05) is 12.3 Å². The topological polar surface area (TPSA) is 62.2 Å². The first kappa shape index (κ1) is 16.5. The minimum Gasteiger partial charge on any atom is -0.384 e. The Morgan fingerprint density at radius 3 is 2.59 bits per heavy atom. The van der Waals surface area contributed by atoms with Gasteiger partial charge in [0.2, 0.25) is 0 Å². The molecule has 5 heteroatoms. The van der Waals surface area contributed by atoms with E-state index >= 15 is 0 Å². The predicted octanol–water partition coefficient (Wildman–Crippen LogP) is 2.83. The van der Waals surface area contributed by atoms with Gasteiger partial charge in [-0.25, -0.2) is 4.98 Å². The number of amides is 1. The molecule has 1 aromatic carbocycles.